The molecule has 1 saturated heterocycles. The summed E-state index contributed by atoms with van der Waals surface area (Å²) in [7, 11) is 0. The van der Waals surface area contributed by atoms with Gasteiger partial charge in [-0.05, 0) is 60.3 Å². The number of carbonyl (C=O) groups excluding carboxylic acids is 1. The molecule has 0 unspecified atom stereocenters. The lowest BCUT2D eigenvalue weighted by Crippen LogP contribution is -2.49. The number of benzene rings is 1. The van der Waals surface area contributed by atoms with Crippen molar-refractivity contribution in [3.63, 3.8) is 0 Å². The maximum atomic E-state index is 13.0. The lowest BCUT2D eigenvalue weighted by atomic mass is 9.82. The number of nitrogens with one attached hydrogen (secondary N) is 1. The Balaban J connectivity index is 1.97. The Morgan fingerprint density at radius 1 is 1.17 bits per heavy atom. The highest BCUT2D eigenvalue weighted by Gasteiger charge is 2.37. The van der Waals surface area contributed by atoms with Crippen LogP contribution < -0.4 is 5.32 Å². The number of ether oxygens (including phenoxy) is 1. The Bertz CT molecular complexity index is 764. The molecule has 128 valence electrons. The van der Waals surface area contributed by atoms with Gasteiger partial charge in [0.15, 0.2) is 0 Å². The predicted molar refractivity (Wildman–Crippen MR) is 99.2 cm³/mol. The third-order valence-electron chi connectivity index (χ3n) is 4.49. The molecule has 1 N–H and O–H groups in total. The highest BCUT2D eigenvalue weighted by Crippen LogP contribution is 2.35. The lowest BCUT2D eigenvalue weighted by Gasteiger charge is -2.38. The van der Waals surface area contributed by atoms with Gasteiger partial charge in [0.2, 0.25) is 0 Å². The van der Waals surface area contributed by atoms with Crippen LogP contribution in [0, 0.1) is 13.8 Å². The summed E-state index contributed by atoms with van der Waals surface area (Å²) in [6.07, 6.45) is 1.48. The van der Waals surface area contributed by atoms with Gasteiger partial charge in [-0.15, -0.1) is 0 Å². The number of rotatable bonds is 3. The van der Waals surface area contributed by atoms with Crippen molar-refractivity contribution >= 4 is 37.8 Å². The topological polar surface area (TPSA) is 51.5 Å². The minimum absolute atomic E-state index is 0.127. The van der Waals surface area contributed by atoms with E-state index in [1.54, 1.807) is 0 Å². The zero-order valence-electron chi connectivity index (χ0n) is 13.6. The Morgan fingerprint density at radius 3 is 2.46 bits per heavy atom. The molecule has 0 spiro atoms. The molecule has 1 amide bonds. The second-order valence-corrected chi connectivity index (χ2v) is 7.77. The quantitative estimate of drug-likeness (QED) is 0.717. The third kappa shape index (κ3) is 3.32. The summed E-state index contributed by atoms with van der Waals surface area (Å²) >= 11 is 6.99. The molecule has 4 nitrogen and oxygen atoms in total. The van der Waals surface area contributed by atoms with E-state index in [1.807, 2.05) is 26.0 Å². The predicted octanol–water partition coefficient (Wildman–Crippen LogP) is 4.86. The van der Waals surface area contributed by atoms with Crippen LogP contribution in [0.2, 0.25) is 0 Å². The Kier molecular flexibility index (Phi) is 5.18. The van der Waals surface area contributed by atoms with Crippen LogP contribution in [0.25, 0.3) is 0 Å². The van der Waals surface area contributed by atoms with Crippen molar-refractivity contribution in [2.75, 3.05) is 13.2 Å². The van der Waals surface area contributed by atoms with Crippen LogP contribution in [0.3, 0.4) is 0 Å². The highest BCUT2D eigenvalue weighted by atomic mass is 79.9. The summed E-state index contributed by atoms with van der Waals surface area (Å²) in [5, 5.41) is 3.26. The van der Waals surface area contributed by atoms with E-state index in [2.05, 4.69) is 49.3 Å². The maximum Gasteiger partial charge on any atom is 0.256 e. The van der Waals surface area contributed by atoms with Gasteiger partial charge in [-0.25, -0.2) is 0 Å². The average Bonchev–Trinajstić information content (AvgIpc) is 2.81. The summed E-state index contributed by atoms with van der Waals surface area (Å²) in [6, 6.07) is 8.09. The Morgan fingerprint density at radius 2 is 1.88 bits per heavy atom. The van der Waals surface area contributed by atoms with Crippen LogP contribution in [-0.4, -0.2) is 19.1 Å². The zero-order chi connectivity index (χ0) is 17.3. The number of amides is 1. The largest absolute Gasteiger partial charge is 0.465 e. The van der Waals surface area contributed by atoms with Gasteiger partial charge in [0, 0.05) is 17.7 Å². The summed E-state index contributed by atoms with van der Waals surface area (Å²) in [5.74, 6) is 1.20. The lowest BCUT2D eigenvalue weighted by molar-refractivity contribution is 0.0344. The molecule has 0 radical (unpaired) electrons. The van der Waals surface area contributed by atoms with Crippen LogP contribution in [-0.2, 0) is 10.3 Å². The molecule has 0 aliphatic carbocycles. The number of furan rings is 1. The number of carbonyl (C=O) groups is 1. The third-order valence-corrected chi connectivity index (χ3v) is 5.94. The molecule has 0 atom stereocenters. The summed E-state index contributed by atoms with van der Waals surface area (Å²) < 4.78 is 12.8. The normalized spacial score (nSPS) is 16.8. The first-order valence-electron chi connectivity index (χ1n) is 7.85. The second kappa shape index (κ2) is 7.02. The fourth-order valence-corrected chi connectivity index (χ4v) is 4.13. The molecule has 1 aromatic carbocycles. The molecule has 1 aliphatic rings. The van der Waals surface area contributed by atoms with Crippen LogP contribution in [0.5, 0.6) is 0 Å². The average molecular weight is 457 g/mol. The van der Waals surface area contributed by atoms with Crippen molar-refractivity contribution < 1.29 is 13.9 Å². The van der Waals surface area contributed by atoms with E-state index >= 15 is 0 Å². The summed E-state index contributed by atoms with van der Waals surface area (Å²) in [5.41, 5.74) is 1.21. The molecule has 1 aliphatic heterocycles. The number of hydrogen-bond donors (Lipinski definition) is 1. The van der Waals surface area contributed by atoms with Gasteiger partial charge in [-0.3, -0.25) is 4.79 Å². The van der Waals surface area contributed by atoms with E-state index in [1.165, 1.54) is 0 Å². The molecule has 6 heteroatoms. The van der Waals surface area contributed by atoms with Gasteiger partial charge < -0.3 is 14.5 Å². The smallest absolute Gasteiger partial charge is 0.256 e. The van der Waals surface area contributed by atoms with Crippen molar-refractivity contribution in [2.45, 2.75) is 32.2 Å². The standard InChI is InChI=1S/C18H19Br2NO3/c1-11-15(16(20)12(2)24-11)17(22)21-18(6-8-23-9-7-18)13-4-3-5-14(19)10-13/h3-5,10H,6-9H2,1-2H3,(H,21,22). The van der Waals surface area contributed by atoms with Gasteiger partial charge in [0.25, 0.3) is 5.91 Å². The highest BCUT2D eigenvalue weighted by molar-refractivity contribution is 9.10. The molecule has 1 fully saturated rings. The van der Waals surface area contributed by atoms with Gasteiger partial charge in [0.05, 0.1) is 15.6 Å². The molecular weight excluding hydrogens is 438 g/mol. The van der Waals surface area contributed by atoms with Crippen LogP contribution >= 0.6 is 31.9 Å². The SMILES string of the molecule is Cc1oc(C)c(C(=O)NC2(c3cccc(Br)c3)CCOCC2)c1Br. The van der Waals surface area contributed by atoms with Crippen molar-refractivity contribution in [3.05, 3.63) is 55.9 Å². The van der Waals surface area contributed by atoms with Gasteiger partial charge in [-0.2, -0.15) is 0 Å². The molecule has 3 rings (SSSR count). The zero-order valence-corrected chi connectivity index (χ0v) is 16.8. The monoisotopic (exact) mass is 455 g/mol. The summed E-state index contributed by atoms with van der Waals surface area (Å²) in [6.45, 7) is 4.89. The first-order chi connectivity index (χ1) is 11.4. The van der Waals surface area contributed by atoms with Crippen molar-refractivity contribution in [1.82, 2.24) is 5.32 Å². The van der Waals surface area contributed by atoms with E-state index in [-0.39, 0.29) is 5.91 Å². The second-order valence-electron chi connectivity index (χ2n) is 6.06. The first kappa shape index (κ1) is 17.7. The van der Waals surface area contributed by atoms with E-state index in [0.717, 1.165) is 22.9 Å². The fourth-order valence-electron chi connectivity index (χ4n) is 3.19. The molecule has 2 aromatic rings. The van der Waals surface area contributed by atoms with E-state index in [4.69, 9.17) is 9.15 Å². The van der Waals surface area contributed by atoms with Crippen LogP contribution in [0.15, 0.2) is 37.6 Å². The fraction of sp³-hybridized carbons (Fsp3) is 0.389. The minimum Gasteiger partial charge on any atom is -0.465 e. The van der Waals surface area contributed by atoms with Crippen LogP contribution in [0.1, 0.15) is 40.3 Å². The van der Waals surface area contributed by atoms with Crippen LogP contribution in [0.4, 0.5) is 0 Å². The minimum atomic E-state index is -0.434. The Hall–Kier alpha value is -1.11. The summed E-state index contributed by atoms with van der Waals surface area (Å²) in [4.78, 5) is 13.0. The molecule has 24 heavy (non-hydrogen) atoms. The van der Waals surface area contributed by atoms with E-state index in [9.17, 15) is 4.79 Å². The van der Waals surface area contributed by atoms with E-state index in [0.29, 0.717) is 34.8 Å². The van der Waals surface area contributed by atoms with Gasteiger partial charge >= 0.3 is 0 Å². The van der Waals surface area contributed by atoms with Gasteiger partial charge in [0.1, 0.15) is 11.5 Å². The first-order valence-corrected chi connectivity index (χ1v) is 9.43. The van der Waals surface area contributed by atoms with E-state index < -0.39 is 5.54 Å². The van der Waals surface area contributed by atoms with Crippen molar-refractivity contribution in [3.8, 4) is 0 Å². The van der Waals surface area contributed by atoms with Crippen molar-refractivity contribution in [2.24, 2.45) is 0 Å². The molecule has 0 saturated carbocycles. The molecule has 2 heterocycles. The van der Waals surface area contributed by atoms with Gasteiger partial charge in [-0.1, -0.05) is 28.1 Å². The molecule has 0 bridgehead atoms. The molecular formula is C18H19Br2NO3. The molecule has 1 aromatic heterocycles. The number of halogens is 2. The maximum absolute atomic E-state index is 13.0. The Labute approximate surface area is 158 Å². The van der Waals surface area contributed by atoms with Crippen molar-refractivity contribution in [1.29, 1.82) is 0 Å². The number of aryl methyl sites for hydroxylation is 2. The number of hydrogen-bond acceptors (Lipinski definition) is 3.